The second-order valence-electron chi connectivity index (χ2n) is 16.6. The SMILES string of the molecule is CC[C@H](C)[C@@H]([C@@H](CC(=O)N1CCC[C@H]1[C@H](OC)[C@@H](C)C(=O)N[C@@H](Cc1ccccn1)C(=O)NS(=O)(=O)C1CC1)OC)N(C)C(=O)[C@@H](NC(=O)[C@@H](NC)C(C)C)C(C)C. The van der Waals surface area contributed by atoms with Gasteiger partial charge < -0.3 is 35.2 Å². The highest BCUT2D eigenvalue weighted by Gasteiger charge is 2.44. The number of methoxy groups -OCH3 is 2. The molecule has 5 amide bonds. The monoisotopic (exact) mass is 835 g/mol. The van der Waals surface area contributed by atoms with Crippen molar-refractivity contribution in [2.45, 2.75) is 141 Å². The Hall–Kier alpha value is -3.67. The largest absolute Gasteiger partial charge is 0.379 e. The Balaban J connectivity index is 1.80. The number of ether oxygens (including phenoxy) is 2. The highest BCUT2D eigenvalue weighted by atomic mass is 32.2. The van der Waals surface area contributed by atoms with Crippen molar-refractivity contribution < 1.29 is 41.9 Å². The molecule has 2 fully saturated rings. The molecule has 9 atom stereocenters. The van der Waals surface area contributed by atoms with E-state index in [1.807, 2.05) is 41.5 Å². The van der Waals surface area contributed by atoms with Gasteiger partial charge in [-0.3, -0.25) is 33.7 Å². The molecular formula is C41H69N7O9S. The van der Waals surface area contributed by atoms with Crippen molar-refractivity contribution in [3.05, 3.63) is 30.1 Å². The molecule has 1 aliphatic heterocycles. The Kier molecular flexibility index (Phi) is 18.5. The van der Waals surface area contributed by atoms with Gasteiger partial charge in [0.25, 0.3) is 5.91 Å². The zero-order valence-corrected chi connectivity index (χ0v) is 37.1. The molecule has 0 bridgehead atoms. The van der Waals surface area contributed by atoms with Crippen molar-refractivity contribution >= 4 is 39.6 Å². The molecule has 2 aliphatic rings. The molecule has 1 aromatic rings. The molecule has 58 heavy (non-hydrogen) atoms. The number of rotatable bonds is 23. The fourth-order valence-electron chi connectivity index (χ4n) is 7.96. The van der Waals surface area contributed by atoms with Crippen LogP contribution in [-0.2, 0) is 49.9 Å². The lowest BCUT2D eigenvalue weighted by Crippen LogP contribution is -2.59. The quantitative estimate of drug-likeness (QED) is 0.126. The minimum atomic E-state index is -3.88. The normalized spacial score (nSPS) is 20.0. The molecule has 2 heterocycles. The van der Waals surface area contributed by atoms with E-state index < -0.39 is 75.4 Å². The van der Waals surface area contributed by atoms with Gasteiger partial charge in [0.1, 0.15) is 12.1 Å². The summed E-state index contributed by atoms with van der Waals surface area (Å²) >= 11 is 0. The van der Waals surface area contributed by atoms with Crippen LogP contribution in [0.5, 0.6) is 0 Å². The lowest BCUT2D eigenvalue weighted by atomic mass is 9.89. The zero-order chi connectivity index (χ0) is 43.5. The van der Waals surface area contributed by atoms with Crippen LogP contribution in [0.4, 0.5) is 0 Å². The third kappa shape index (κ3) is 12.7. The smallest absolute Gasteiger partial charge is 0.256 e. The topological polar surface area (TPSA) is 205 Å². The summed E-state index contributed by atoms with van der Waals surface area (Å²) in [5.41, 5.74) is 0.490. The minimum absolute atomic E-state index is 0.00484. The first-order valence-corrected chi connectivity index (χ1v) is 22.2. The van der Waals surface area contributed by atoms with Gasteiger partial charge in [-0.25, -0.2) is 8.42 Å². The molecule has 0 spiro atoms. The molecule has 3 rings (SSSR count). The molecule has 1 aromatic heterocycles. The maximum absolute atomic E-state index is 14.3. The Morgan fingerprint density at radius 3 is 2.09 bits per heavy atom. The molecule has 17 heteroatoms. The van der Waals surface area contributed by atoms with E-state index in [1.54, 1.807) is 55.2 Å². The number of likely N-dealkylation sites (tertiary alicyclic amines) is 1. The van der Waals surface area contributed by atoms with E-state index in [0.717, 1.165) is 0 Å². The Morgan fingerprint density at radius 2 is 1.57 bits per heavy atom. The highest BCUT2D eigenvalue weighted by molar-refractivity contribution is 7.90. The lowest BCUT2D eigenvalue weighted by molar-refractivity contribution is -0.148. The molecule has 0 radical (unpaired) electrons. The van der Waals surface area contributed by atoms with Gasteiger partial charge in [0.2, 0.25) is 33.7 Å². The molecule has 0 aromatic carbocycles. The molecule has 1 aliphatic carbocycles. The number of carbonyl (C=O) groups excluding carboxylic acids is 5. The number of nitrogens with zero attached hydrogens (tertiary/aromatic N) is 3. The predicted octanol–water partition coefficient (Wildman–Crippen LogP) is 2.02. The summed E-state index contributed by atoms with van der Waals surface area (Å²) in [5, 5.41) is 8.12. The Labute approximate surface area is 345 Å². The van der Waals surface area contributed by atoms with Gasteiger partial charge in [-0.2, -0.15) is 0 Å². The summed E-state index contributed by atoms with van der Waals surface area (Å²) < 4.78 is 39.4. The van der Waals surface area contributed by atoms with Gasteiger partial charge in [-0.1, -0.05) is 61.0 Å². The number of hydrogen-bond donors (Lipinski definition) is 4. The van der Waals surface area contributed by atoms with Gasteiger partial charge in [0, 0.05) is 46.1 Å². The molecular weight excluding hydrogens is 767 g/mol. The molecule has 0 unspecified atom stereocenters. The minimum Gasteiger partial charge on any atom is -0.379 e. The first-order valence-electron chi connectivity index (χ1n) is 20.7. The van der Waals surface area contributed by atoms with Crippen molar-refractivity contribution in [1.82, 2.24) is 35.5 Å². The maximum Gasteiger partial charge on any atom is 0.256 e. The van der Waals surface area contributed by atoms with Crippen molar-refractivity contribution in [3.63, 3.8) is 0 Å². The van der Waals surface area contributed by atoms with Gasteiger partial charge in [-0.05, 0) is 62.6 Å². The lowest BCUT2D eigenvalue weighted by Gasteiger charge is -2.41. The number of likely N-dealkylation sites (N-methyl/N-ethyl adjacent to an activating group) is 2. The van der Waals surface area contributed by atoms with Crippen molar-refractivity contribution in [2.24, 2.45) is 23.7 Å². The molecule has 16 nitrogen and oxygen atoms in total. The van der Waals surface area contributed by atoms with E-state index >= 15 is 0 Å². The second-order valence-corrected chi connectivity index (χ2v) is 18.6. The van der Waals surface area contributed by atoms with Crippen LogP contribution in [0.1, 0.15) is 92.7 Å². The number of aromatic nitrogens is 1. The van der Waals surface area contributed by atoms with Crippen molar-refractivity contribution in [3.8, 4) is 0 Å². The van der Waals surface area contributed by atoms with Gasteiger partial charge in [-0.15, -0.1) is 0 Å². The number of amides is 5. The first-order chi connectivity index (χ1) is 27.3. The summed E-state index contributed by atoms with van der Waals surface area (Å²) in [6.45, 7) is 13.7. The van der Waals surface area contributed by atoms with E-state index in [0.29, 0.717) is 44.3 Å². The number of pyridine rings is 1. The van der Waals surface area contributed by atoms with Crippen LogP contribution in [-0.4, -0.2) is 135 Å². The average molecular weight is 836 g/mol. The number of carbonyl (C=O) groups is 5. The summed E-state index contributed by atoms with van der Waals surface area (Å²) in [6, 6.07) is 1.62. The molecule has 4 N–H and O–H groups in total. The van der Waals surface area contributed by atoms with Crippen LogP contribution in [0, 0.1) is 23.7 Å². The van der Waals surface area contributed by atoms with Crippen molar-refractivity contribution in [1.29, 1.82) is 0 Å². The fourth-order valence-corrected chi connectivity index (χ4v) is 9.31. The fraction of sp³-hybridized carbons (Fsp3) is 0.756. The van der Waals surface area contributed by atoms with Crippen LogP contribution in [0.25, 0.3) is 0 Å². The number of sulfonamides is 1. The molecule has 1 saturated heterocycles. The van der Waals surface area contributed by atoms with Crippen molar-refractivity contribution in [2.75, 3.05) is 34.9 Å². The van der Waals surface area contributed by atoms with E-state index in [4.69, 9.17) is 9.47 Å². The predicted molar refractivity (Wildman–Crippen MR) is 221 cm³/mol. The standard InChI is InChI=1S/C41H69N7O9S/c1-12-26(6)36(47(9)41(53)35(25(4)5)45-40(52)34(42-8)24(2)3)32(56-10)23-33(49)48-21-15-17-31(48)37(57-11)27(7)38(50)44-30(22-28-16-13-14-20-43-28)39(51)46-58(54,55)29-18-19-29/h13-14,16,20,24-27,29-32,34-37,42H,12,15,17-19,21-23H2,1-11H3,(H,44,50)(H,45,52)(H,46,51)/t26-,27+,30-,31-,32+,34-,35-,36-,37+/m0/s1. The second kappa shape index (κ2) is 22.1. The van der Waals surface area contributed by atoms with Crippen LogP contribution < -0.4 is 20.7 Å². The van der Waals surface area contributed by atoms with E-state index in [-0.39, 0.29) is 48.3 Å². The number of nitrogens with one attached hydrogen (secondary N) is 4. The van der Waals surface area contributed by atoms with Crippen LogP contribution in [0.3, 0.4) is 0 Å². The summed E-state index contributed by atoms with van der Waals surface area (Å²) in [5.74, 6) is -3.29. The molecule has 328 valence electrons. The molecule has 1 saturated carbocycles. The van der Waals surface area contributed by atoms with Crippen LogP contribution in [0.15, 0.2) is 24.4 Å². The Morgan fingerprint density at radius 1 is 0.914 bits per heavy atom. The third-order valence-electron chi connectivity index (χ3n) is 11.7. The summed E-state index contributed by atoms with van der Waals surface area (Å²) in [6.07, 6.45) is 2.86. The zero-order valence-electron chi connectivity index (χ0n) is 36.3. The van der Waals surface area contributed by atoms with Crippen LogP contribution in [0.2, 0.25) is 0 Å². The first kappa shape index (κ1) is 48.7. The average Bonchev–Trinajstić information content (AvgIpc) is 3.95. The van der Waals surface area contributed by atoms with Gasteiger partial charge >= 0.3 is 0 Å². The van der Waals surface area contributed by atoms with Gasteiger partial charge in [0.15, 0.2) is 0 Å². The summed E-state index contributed by atoms with van der Waals surface area (Å²) in [4.78, 5) is 76.5. The number of hydrogen-bond acceptors (Lipinski definition) is 11. The van der Waals surface area contributed by atoms with Crippen LogP contribution >= 0.6 is 0 Å². The van der Waals surface area contributed by atoms with E-state index in [9.17, 15) is 32.4 Å². The van der Waals surface area contributed by atoms with Gasteiger partial charge in [0.05, 0.1) is 47.9 Å². The highest BCUT2D eigenvalue weighted by Crippen LogP contribution is 2.30. The van der Waals surface area contributed by atoms with E-state index in [2.05, 4.69) is 25.7 Å². The Bertz CT molecular complexity index is 1640. The summed E-state index contributed by atoms with van der Waals surface area (Å²) in [7, 11) is 2.52. The third-order valence-corrected chi connectivity index (χ3v) is 13.6. The van der Waals surface area contributed by atoms with E-state index in [1.165, 1.54) is 14.2 Å². The maximum atomic E-state index is 14.3.